The second-order valence-electron chi connectivity index (χ2n) is 3.88. The molecule has 0 aromatic rings. The van der Waals surface area contributed by atoms with Crippen LogP contribution in [-0.4, -0.2) is 15.4 Å². The predicted octanol–water partition coefficient (Wildman–Crippen LogP) is 0.585. The van der Waals surface area contributed by atoms with Crippen LogP contribution in [0.3, 0.4) is 0 Å². The summed E-state index contributed by atoms with van der Waals surface area (Å²) >= 11 is 0. The van der Waals surface area contributed by atoms with Gasteiger partial charge < -0.3 is 0 Å². The molecule has 2 unspecified atom stereocenters. The number of hydrogen-bond acceptors (Lipinski definition) is 2. The summed E-state index contributed by atoms with van der Waals surface area (Å²) in [5.74, 6) is -0.0942. The molecule has 0 aromatic heterocycles. The lowest BCUT2D eigenvalue weighted by Crippen LogP contribution is -2.29. The van der Waals surface area contributed by atoms with Gasteiger partial charge in [0.1, 0.15) is 11.0 Å². The van der Waals surface area contributed by atoms with Gasteiger partial charge in [0.25, 0.3) is 0 Å². The molecule has 1 N–H and O–H groups in total. The molecule has 3 nitrogen and oxygen atoms in total. The molecule has 1 aliphatic heterocycles. The number of hydrogen-bond donors (Lipinski definition) is 1. The summed E-state index contributed by atoms with van der Waals surface area (Å²) in [5, 5.41) is -0.0324. The highest BCUT2D eigenvalue weighted by atomic mass is 32.2. The zero-order valence-electron chi connectivity index (χ0n) is 7.01. The van der Waals surface area contributed by atoms with Crippen LogP contribution in [0.15, 0.2) is 0 Å². The van der Waals surface area contributed by atoms with Crippen molar-refractivity contribution in [2.45, 2.75) is 32.4 Å². The minimum Gasteiger partial charge on any atom is -0.275 e. The van der Waals surface area contributed by atoms with Gasteiger partial charge in [-0.3, -0.25) is 9.52 Å². The van der Waals surface area contributed by atoms with Crippen molar-refractivity contribution in [1.29, 1.82) is 0 Å². The lowest BCUT2D eigenvalue weighted by molar-refractivity contribution is -0.118. The van der Waals surface area contributed by atoms with E-state index < -0.39 is 11.0 Å². The molecule has 1 amide bonds. The summed E-state index contributed by atoms with van der Waals surface area (Å²) in [7, 11) is -1.16. The van der Waals surface area contributed by atoms with Gasteiger partial charge in [-0.25, -0.2) is 4.21 Å². The first-order valence-corrected chi connectivity index (χ1v) is 4.82. The van der Waals surface area contributed by atoms with Crippen molar-refractivity contribution >= 4 is 16.9 Å². The fourth-order valence-corrected chi connectivity index (χ4v) is 2.49. The summed E-state index contributed by atoms with van der Waals surface area (Å²) in [5.41, 5.74) is -0.0516. The Hall–Kier alpha value is -0.380. The SMILES string of the molecule is CC(C)(C)C1CC(=O)NS1=O. The smallest absolute Gasteiger partial charge is 0.232 e. The molecular formula is C7H13NO2S. The largest absolute Gasteiger partial charge is 0.275 e. The number of carbonyl (C=O) groups is 1. The second-order valence-corrected chi connectivity index (χ2v) is 5.25. The van der Waals surface area contributed by atoms with Crippen LogP contribution in [0.1, 0.15) is 27.2 Å². The molecule has 11 heavy (non-hydrogen) atoms. The second kappa shape index (κ2) is 2.59. The van der Waals surface area contributed by atoms with Crippen LogP contribution >= 0.6 is 0 Å². The maximum Gasteiger partial charge on any atom is 0.232 e. The summed E-state index contributed by atoms with van der Waals surface area (Å²) in [6, 6.07) is 0. The third kappa shape index (κ3) is 1.80. The molecule has 1 aliphatic rings. The van der Waals surface area contributed by atoms with E-state index in [2.05, 4.69) is 4.72 Å². The summed E-state index contributed by atoms with van der Waals surface area (Å²) in [6.45, 7) is 5.99. The zero-order chi connectivity index (χ0) is 8.65. The van der Waals surface area contributed by atoms with Crippen molar-refractivity contribution in [2.75, 3.05) is 0 Å². The Balaban J connectivity index is 2.76. The minimum atomic E-state index is -1.16. The third-order valence-electron chi connectivity index (χ3n) is 1.81. The normalized spacial score (nSPS) is 32.1. The van der Waals surface area contributed by atoms with E-state index in [1.165, 1.54) is 0 Å². The Morgan fingerprint density at radius 3 is 2.27 bits per heavy atom. The molecule has 1 saturated heterocycles. The average molecular weight is 175 g/mol. The van der Waals surface area contributed by atoms with Crippen molar-refractivity contribution in [2.24, 2.45) is 5.41 Å². The maximum absolute atomic E-state index is 11.2. The Morgan fingerprint density at radius 2 is 2.09 bits per heavy atom. The quantitative estimate of drug-likeness (QED) is 0.585. The maximum atomic E-state index is 11.2. The fraction of sp³-hybridized carbons (Fsp3) is 0.857. The van der Waals surface area contributed by atoms with Crippen LogP contribution in [0.5, 0.6) is 0 Å². The van der Waals surface area contributed by atoms with E-state index in [1.54, 1.807) is 0 Å². The van der Waals surface area contributed by atoms with E-state index in [-0.39, 0.29) is 16.6 Å². The minimum absolute atomic E-state index is 0.0324. The van der Waals surface area contributed by atoms with Crippen LogP contribution in [0.25, 0.3) is 0 Å². The number of carbonyl (C=O) groups excluding carboxylic acids is 1. The average Bonchev–Trinajstić information content (AvgIpc) is 2.08. The molecule has 0 spiro atoms. The van der Waals surface area contributed by atoms with E-state index in [1.807, 2.05) is 20.8 Å². The number of rotatable bonds is 0. The predicted molar refractivity (Wildman–Crippen MR) is 44.1 cm³/mol. The molecule has 4 heteroatoms. The van der Waals surface area contributed by atoms with Gasteiger partial charge in [0.2, 0.25) is 5.91 Å². The Morgan fingerprint density at radius 1 is 1.55 bits per heavy atom. The topological polar surface area (TPSA) is 46.2 Å². The van der Waals surface area contributed by atoms with E-state index >= 15 is 0 Å². The van der Waals surface area contributed by atoms with Crippen LogP contribution in [0.2, 0.25) is 0 Å². The highest BCUT2D eigenvalue weighted by molar-refractivity contribution is 7.84. The Labute approximate surface area is 69.1 Å². The highest BCUT2D eigenvalue weighted by Crippen LogP contribution is 2.28. The van der Waals surface area contributed by atoms with E-state index in [0.29, 0.717) is 6.42 Å². The van der Waals surface area contributed by atoms with E-state index in [9.17, 15) is 9.00 Å². The van der Waals surface area contributed by atoms with Crippen LogP contribution in [0.4, 0.5) is 0 Å². The lowest BCUT2D eigenvalue weighted by Gasteiger charge is -2.23. The molecule has 0 aromatic carbocycles. The first-order valence-electron chi connectivity index (χ1n) is 3.61. The summed E-state index contributed by atoms with van der Waals surface area (Å²) in [4.78, 5) is 10.8. The molecule has 0 radical (unpaired) electrons. The van der Waals surface area contributed by atoms with Crippen molar-refractivity contribution in [3.05, 3.63) is 0 Å². The van der Waals surface area contributed by atoms with E-state index in [4.69, 9.17) is 0 Å². The number of amides is 1. The van der Waals surface area contributed by atoms with Gasteiger partial charge in [-0.2, -0.15) is 0 Å². The molecule has 0 saturated carbocycles. The van der Waals surface area contributed by atoms with Crippen LogP contribution in [0, 0.1) is 5.41 Å². The highest BCUT2D eigenvalue weighted by Gasteiger charge is 2.37. The zero-order valence-corrected chi connectivity index (χ0v) is 7.83. The van der Waals surface area contributed by atoms with Gasteiger partial charge in [0.15, 0.2) is 0 Å². The van der Waals surface area contributed by atoms with Gasteiger partial charge in [-0.15, -0.1) is 0 Å². The summed E-state index contributed by atoms with van der Waals surface area (Å²) < 4.78 is 13.6. The summed E-state index contributed by atoms with van der Waals surface area (Å²) in [6.07, 6.45) is 0.399. The fourth-order valence-electron chi connectivity index (χ4n) is 1.10. The van der Waals surface area contributed by atoms with Gasteiger partial charge in [0.05, 0.1) is 5.25 Å². The molecular weight excluding hydrogens is 162 g/mol. The molecule has 1 heterocycles. The molecule has 1 fully saturated rings. The monoisotopic (exact) mass is 175 g/mol. The van der Waals surface area contributed by atoms with Crippen LogP contribution < -0.4 is 4.72 Å². The van der Waals surface area contributed by atoms with Crippen molar-refractivity contribution in [3.63, 3.8) is 0 Å². The Bertz CT molecular complexity index is 207. The standard InChI is InChI=1S/C7H13NO2S/c1-7(2,3)5-4-6(9)8-11(5)10/h5H,4H2,1-3H3,(H,8,9). The molecule has 0 aliphatic carbocycles. The van der Waals surface area contributed by atoms with Crippen molar-refractivity contribution < 1.29 is 9.00 Å². The molecule has 64 valence electrons. The lowest BCUT2D eigenvalue weighted by atomic mass is 9.90. The van der Waals surface area contributed by atoms with Gasteiger partial charge in [-0.05, 0) is 5.41 Å². The first-order chi connectivity index (χ1) is 4.91. The Kier molecular flexibility index (Phi) is 2.05. The van der Waals surface area contributed by atoms with Crippen LogP contribution in [-0.2, 0) is 15.8 Å². The first kappa shape index (κ1) is 8.71. The molecule has 0 bridgehead atoms. The van der Waals surface area contributed by atoms with Gasteiger partial charge in [-0.1, -0.05) is 20.8 Å². The van der Waals surface area contributed by atoms with Gasteiger partial charge >= 0.3 is 0 Å². The van der Waals surface area contributed by atoms with Gasteiger partial charge in [0, 0.05) is 6.42 Å². The molecule has 2 atom stereocenters. The number of nitrogens with one attached hydrogen (secondary N) is 1. The van der Waals surface area contributed by atoms with Crippen molar-refractivity contribution in [3.8, 4) is 0 Å². The third-order valence-corrected chi connectivity index (χ3v) is 3.63. The molecule has 1 rings (SSSR count). The van der Waals surface area contributed by atoms with Crippen molar-refractivity contribution in [1.82, 2.24) is 4.72 Å². The van der Waals surface area contributed by atoms with E-state index in [0.717, 1.165) is 0 Å².